The van der Waals surface area contributed by atoms with Gasteiger partial charge >= 0.3 is 0 Å². The van der Waals surface area contributed by atoms with Gasteiger partial charge in [-0.15, -0.1) is 0 Å². The molecule has 0 radical (unpaired) electrons. The minimum atomic E-state index is 0.261. The number of fused-ring (bicyclic) bond motifs is 2. The van der Waals surface area contributed by atoms with Crippen molar-refractivity contribution in [3.05, 3.63) is 70.8 Å². The molecule has 72 valence electrons. The first-order valence-corrected chi connectivity index (χ1v) is 5.28. The third-order valence-corrected chi connectivity index (χ3v) is 3.23. The zero-order valence-electron chi connectivity index (χ0n) is 8.18. The van der Waals surface area contributed by atoms with Crippen molar-refractivity contribution in [1.82, 2.24) is 0 Å². The van der Waals surface area contributed by atoms with Crippen LogP contribution in [0.2, 0.25) is 0 Å². The molecule has 0 aliphatic heterocycles. The molecule has 0 atom stereocenters. The molecule has 15 heavy (non-hydrogen) atoms. The van der Waals surface area contributed by atoms with Gasteiger partial charge in [0.1, 0.15) is 12.2 Å². The lowest BCUT2D eigenvalue weighted by molar-refractivity contribution is 0.0857. The molecule has 1 nitrogen and oxygen atoms in total. The maximum Gasteiger partial charge on any atom is 0.110 e. The molecule has 0 spiro atoms. The standard InChI is InChI=1S/C14H10O/c1-2-6-10-9(5-1)13(10)15-14-11-7-3-4-8-12(11)14/h1-8,13-14H. The van der Waals surface area contributed by atoms with E-state index < -0.39 is 0 Å². The van der Waals surface area contributed by atoms with E-state index in [0.717, 1.165) is 0 Å². The fourth-order valence-electron chi connectivity index (χ4n) is 2.27. The molecule has 2 aliphatic rings. The largest absolute Gasteiger partial charge is 0.356 e. The molecule has 2 aromatic carbocycles. The molecule has 0 saturated heterocycles. The lowest BCUT2D eigenvalue weighted by atomic mass is 10.4. The van der Waals surface area contributed by atoms with Gasteiger partial charge in [0.2, 0.25) is 0 Å². The third-order valence-electron chi connectivity index (χ3n) is 3.23. The van der Waals surface area contributed by atoms with E-state index in [1.807, 2.05) is 0 Å². The Bertz CT molecular complexity index is 449. The van der Waals surface area contributed by atoms with Gasteiger partial charge in [-0.2, -0.15) is 0 Å². The zero-order valence-corrected chi connectivity index (χ0v) is 8.18. The van der Waals surface area contributed by atoms with Gasteiger partial charge in [-0.05, 0) is 22.3 Å². The molecule has 0 heterocycles. The van der Waals surface area contributed by atoms with E-state index in [0.29, 0.717) is 0 Å². The number of rotatable bonds is 2. The lowest BCUT2D eigenvalue weighted by Gasteiger charge is -1.97. The Balaban J connectivity index is 1.54. The Labute approximate surface area is 88.3 Å². The first kappa shape index (κ1) is 7.66. The van der Waals surface area contributed by atoms with Gasteiger partial charge in [-0.25, -0.2) is 0 Å². The fraction of sp³-hybridized carbons (Fsp3) is 0.143. The molecular formula is C14H10O. The summed E-state index contributed by atoms with van der Waals surface area (Å²) in [5, 5.41) is 0. The summed E-state index contributed by atoms with van der Waals surface area (Å²) in [6, 6.07) is 16.9. The van der Waals surface area contributed by atoms with Gasteiger partial charge in [-0.3, -0.25) is 0 Å². The summed E-state index contributed by atoms with van der Waals surface area (Å²) in [5.41, 5.74) is 5.43. The summed E-state index contributed by atoms with van der Waals surface area (Å²) in [5.74, 6) is 0. The van der Waals surface area contributed by atoms with E-state index in [1.54, 1.807) is 0 Å². The molecule has 0 aromatic heterocycles. The average Bonchev–Trinajstić information content (AvgIpc) is 3.18. The van der Waals surface area contributed by atoms with Crippen LogP contribution in [0.15, 0.2) is 48.5 Å². The second-order valence-corrected chi connectivity index (χ2v) is 4.15. The first-order chi connectivity index (χ1) is 7.45. The van der Waals surface area contributed by atoms with Crippen LogP contribution in [0.3, 0.4) is 0 Å². The van der Waals surface area contributed by atoms with Gasteiger partial charge in [0, 0.05) is 0 Å². The van der Waals surface area contributed by atoms with Crippen LogP contribution in [-0.4, -0.2) is 0 Å². The van der Waals surface area contributed by atoms with Gasteiger partial charge < -0.3 is 4.74 Å². The molecular weight excluding hydrogens is 184 g/mol. The number of ether oxygens (including phenoxy) is 1. The van der Waals surface area contributed by atoms with Crippen molar-refractivity contribution in [2.24, 2.45) is 0 Å². The minimum absolute atomic E-state index is 0.261. The highest BCUT2D eigenvalue weighted by Crippen LogP contribution is 2.53. The van der Waals surface area contributed by atoms with E-state index in [-0.39, 0.29) is 12.2 Å². The van der Waals surface area contributed by atoms with Gasteiger partial charge in [0.15, 0.2) is 0 Å². The summed E-state index contributed by atoms with van der Waals surface area (Å²) < 4.78 is 6.01. The predicted octanol–water partition coefficient (Wildman–Crippen LogP) is 3.21. The summed E-state index contributed by atoms with van der Waals surface area (Å²) in [6.45, 7) is 0. The number of benzene rings is 2. The Kier molecular flexibility index (Phi) is 1.28. The van der Waals surface area contributed by atoms with Crippen LogP contribution in [-0.2, 0) is 4.74 Å². The van der Waals surface area contributed by atoms with Crippen LogP contribution in [0.5, 0.6) is 0 Å². The van der Waals surface area contributed by atoms with Gasteiger partial charge in [0.25, 0.3) is 0 Å². The van der Waals surface area contributed by atoms with Crippen molar-refractivity contribution in [3.63, 3.8) is 0 Å². The Hall–Kier alpha value is -1.60. The van der Waals surface area contributed by atoms with E-state index in [4.69, 9.17) is 4.74 Å². The normalized spacial score (nSPS) is 17.1. The second kappa shape index (κ2) is 2.50. The van der Waals surface area contributed by atoms with Crippen molar-refractivity contribution in [3.8, 4) is 0 Å². The van der Waals surface area contributed by atoms with E-state index >= 15 is 0 Å². The predicted molar refractivity (Wildman–Crippen MR) is 57.7 cm³/mol. The Morgan fingerprint density at radius 1 is 0.600 bits per heavy atom. The smallest absolute Gasteiger partial charge is 0.110 e. The minimum Gasteiger partial charge on any atom is -0.356 e. The highest BCUT2D eigenvalue weighted by atomic mass is 16.5. The van der Waals surface area contributed by atoms with Crippen molar-refractivity contribution in [2.45, 2.75) is 12.2 Å². The second-order valence-electron chi connectivity index (χ2n) is 4.15. The summed E-state index contributed by atoms with van der Waals surface area (Å²) in [7, 11) is 0. The summed E-state index contributed by atoms with van der Waals surface area (Å²) >= 11 is 0. The molecule has 4 rings (SSSR count). The molecule has 0 N–H and O–H groups in total. The summed E-state index contributed by atoms with van der Waals surface area (Å²) in [4.78, 5) is 0. The van der Waals surface area contributed by atoms with Crippen LogP contribution in [0, 0.1) is 0 Å². The van der Waals surface area contributed by atoms with Crippen molar-refractivity contribution in [1.29, 1.82) is 0 Å². The van der Waals surface area contributed by atoms with E-state index in [2.05, 4.69) is 48.5 Å². The SMILES string of the molecule is c1ccc2c(c1)C2OC1c2ccccc21. The van der Waals surface area contributed by atoms with Crippen LogP contribution in [0.4, 0.5) is 0 Å². The van der Waals surface area contributed by atoms with Crippen molar-refractivity contribution >= 4 is 0 Å². The zero-order chi connectivity index (χ0) is 9.83. The lowest BCUT2D eigenvalue weighted by Crippen LogP contribution is -1.84. The molecule has 0 fully saturated rings. The maximum atomic E-state index is 6.01. The van der Waals surface area contributed by atoms with Crippen LogP contribution in [0.1, 0.15) is 34.5 Å². The Morgan fingerprint density at radius 2 is 0.933 bits per heavy atom. The number of hydrogen-bond donors (Lipinski definition) is 0. The average molecular weight is 194 g/mol. The third kappa shape index (κ3) is 1.01. The van der Waals surface area contributed by atoms with Crippen molar-refractivity contribution < 1.29 is 4.74 Å². The molecule has 0 unspecified atom stereocenters. The highest BCUT2D eigenvalue weighted by molar-refractivity contribution is 5.53. The summed E-state index contributed by atoms with van der Waals surface area (Å²) in [6.07, 6.45) is 0.523. The fourth-order valence-corrected chi connectivity index (χ4v) is 2.27. The van der Waals surface area contributed by atoms with Crippen molar-refractivity contribution in [2.75, 3.05) is 0 Å². The van der Waals surface area contributed by atoms with E-state index in [1.165, 1.54) is 22.3 Å². The van der Waals surface area contributed by atoms with Crippen LogP contribution >= 0.6 is 0 Å². The molecule has 0 amide bonds. The molecule has 1 heteroatoms. The first-order valence-electron chi connectivity index (χ1n) is 5.28. The van der Waals surface area contributed by atoms with Crippen LogP contribution < -0.4 is 0 Å². The number of hydrogen-bond acceptors (Lipinski definition) is 1. The highest BCUT2D eigenvalue weighted by Gasteiger charge is 2.41. The molecule has 2 aliphatic carbocycles. The quantitative estimate of drug-likeness (QED) is 0.713. The Morgan fingerprint density at radius 3 is 1.27 bits per heavy atom. The maximum absolute atomic E-state index is 6.01. The molecule has 2 aromatic rings. The topological polar surface area (TPSA) is 9.23 Å². The van der Waals surface area contributed by atoms with Gasteiger partial charge in [-0.1, -0.05) is 48.5 Å². The van der Waals surface area contributed by atoms with Crippen LogP contribution in [0.25, 0.3) is 0 Å². The molecule has 0 saturated carbocycles. The monoisotopic (exact) mass is 194 g/mol. The van der Waals surface area contributed by atoms with Gasteiger partial charge in [0.05, 0.1) is 0 Å². The van der Waals surface area contributed by atoms with E-state index in [9.17, 15) is 0 Å². The molecule has 0 bridgehead atoms.